The second-order valence-corrected chi connectivity index (χ2v) is 9.26. The number of ketones is 1. The first-order valence-electron chi connectivity index (χ1n) is 10.6. The predicted octanol–water partition coefficient (Wildman–Crippen LogP) is 4.74. The molecule has 0 bridgehead atoms. The first-order valence-corrected chi connectivity index (χ1v) is 11.4. The Bertz CT molecular complexity index is 1180. The lowest BCUT2D eigenvalue weighted by Crippen LogP contribution is -2.52. The van der Waals surface area contributed by atoms with Crippen LogP contribution in [0.4, 0.5) is 0 Å². The Labute approximate surface area is 201 Å². The highest BCUT2D eigenvalue weighted by Gasteiger charge is 2.53. The summed E-state index contributed by atoms with van der Waals surface area (Å²) in [5.74, 6) is -3.41. The molecule has 0 radical (unpaired) electrons. The summed E-state index contributed by atoms with van der Waals surface area (Å²) >= 11 is 12.2. The van der Waals surface area contributed by atoms with Gasteiger partial charge in [0.1, 0.15) is 6.54 Å². The van der Waals surface area contributed by atoms with E-state index in [4.69, 9.17) is 23.2 Å². The van der Waals surface area contributed by atoms with Gasteiger partial charge in [-0.05, 0) is 37.5 Å². The smallest absolute Gasteiger partial charge is 0.274 e. The third kappa shape index (κ3) is 4.33. The molecule has 1 heterocycles. The van der Waals surface area contributed by atoms with Crippen LogP contribution < -0.4 is 0 Å². The highest BCUT2D eigenvalue weighted by atomic mass is 35.5. The van der Waals surface area contributed by atoms with Gasteiger partial charge in [0, 0.05) is 10.6 Å². The summed E-state index contributed by atoms with van der Waals surface area (Å²) in [6.07, 6.45) is 4.18. The number of carbonyl (C=O) groups excluding carboxylic acids is 4. The Morgan fingerprint density at radius 1 is 1.06 bits per heavy atom. The van der Waals surface area contributed by atoms with Crippen molar-refractivity contribution in [1.29, 1.82) is 0 Å². The summed E-state index contributed by atoms with van der Waals surface area (Å²) < 4.78 is 0. The number of hydrogen-bond acceptors (Lipinski definition) is 4. The Morgan fingerprint density at radius 2 is 1.76 bits per heavy atom. The van der Waals surface area contributed by atoms with Gasteiger partial charge >= 0.3 is 0 Å². The number of aryl methyl sites for hydroxylation is 1. The van der Waals surface area contributed by atoms with Crippen LogP contribution in [0.5, 0.6) is 0 Å². The van der Waals surface area contributed by atoms with Gasteiger partial charge in [0.15, 0.2) is 5.78 Å². The van der Waals surface area contributed by atoms with Crippen molar-refractivity contribution >= 4 is 46.7 Å². The first kappa shape index (κ1) is 23.2. The van der Waals surface area contributed by atoms with E-state index < -0.39 is 41.9 Å². The normalized spacial score (nSPS) is 21.8. The molecule has 1 aliphatic carbocycles. The summed E-state index contributed by atoms with van der Waals surface area (Å²) in [5.41, 5.74) is 1.38. The molecule has 0 spiro atoms. The van der Waals surface area contributed by atoms with Crippen molar-refractivity contribution < 1.29 is 19.2 Å². The minimum absolute atomic E-state index is 0.0411. The molecule has 4 rings (SSSR count). The molecule has 3 amide bonds. The monoisotopic (exact) mass is 484 g/mol. The number of hydrazine groups is 1. The summed E-state index contributed by atoms with van der Waals surface area (Å²) in [4.78, 5) is 53.3. The van der Waals surface area contributed by atoms with E-state index >= 15 is 0 Å². The number of imide groups is 1. The van der Waals surface area contributed by atoms with Crippen molar-refractivity contribution in [1.82, 2.24) is 10.0 Å². The van der Waals surface area contributed by atoms with Crippen LogP contribution in [0.3, 0.4) is 0 Å². The van der Waals surface area contributed by atoms with Gasteiger partial charge in [-0.1, -0.05) is 72.1 Å². The van der Waals surface area contributed by atoms with E-state index in [9.17, 15) is 19.2 Å². The zero-order valence-corrected chi connectivity index (χ0v) is 19.6. The molecule has 0 N–H and O–H groups in total. The lowest BCUT2D eigenvalue weighted by atomic mass is 9.78. The highest BCUT2D eigenvalue weighted by Crippen LogP contribution is 2.39. The second-order valence-electron chi connectivity index (χ2n) is 8.42. The van der Waals surface area contributed by atoms with Gasteiger partial charge in [-0.2, -0.15) is 5.01 Å². The zero-order valence-electron chi connectivity index (χ0n) is 18.1. The van der Waals surface area contributed by atoms with Crippen molar-refractivity contribution in [2.75, 3.05) is 6.54 Å². The lowest BCUT2D eigenvalue weighted by Gasteiger charge is -2.30. The maximum atomic E-state index is 13.5. The quantitative estimate of drug-likeness (QED) is 0.349. The molecule has 2 aromatic rings. The average Bonchev–Trinajstić information content (AvgIpc) is 3.03. The number of amides is 3. The number of allylic oxidation sites excluding steroid dienone is 2. The van der Waals surface area contributed by atoms with E-state index in [2.05, 4.69) is 0 Å². The van der Waals surface area contributed by atoms with Crippen molar-refractivity contribution in [2.24, 2.45) is 17.8 Å². The van der Waals surface area contributed by atoms with Crippen LogP contribution in [0.25, 0.3) is 0 Å². The van der Waals surface area contributed by atoms with Gasteiger partial charge in [0.2, 0.25) is 0 Å². The van der Waals surface area contributed by atoms with Gasteiger partial charge in [-0.15, -0.1) is 0 Å². The summed E-state index contributed by atoms with van der Waals surface area (Å²) in [5, 5.41) is 2.16. The first-order chi connectivity index (χ1) is 15.7. The topological polar surface area (TPSA) is 74.8 Å². The number of nitrogens with zero attached hydrogens (tertiary/aromatic N) is 2. The van der Waals surface area contributed by atoms with Gasteiger partial charge in [0.25, 0.3) is 17.7 Å². The molecular formula is C25H22Cl2N2O4. The van der Waals surface area contributed by atoms with Gasteiger partial charge in [-0.25, -0.2) is 5.01 Å². The molecule has 1 saturated heterocycles. The number of halogens is 2. The van der Waals surface area contributed by atoms with Crippen molar-refractivity contribution in [2.45, 2.75) is 20.3 Å². The van der Waals surface area contributed by atoms with Crippen LogP contribution in [0.1, 0.15) is 39.6 Å². The Hall–Kier alpha value is -2.96. The summed E-state index contributed by atoms with van der Waals surface area (Å²) in [7, 11) is 0. The standard InChI is InChI=1S/C25H22Cl2N2O4/c1-14-6-8-16(9-7-14)21(30)13-28(23(31)18-11-10-17(26)12-20(18)27)29-24(32)19-5-3-4-15(2)22(19)25(29)33/h3-4,6-12,15,19,22H,5,13H2,1-2H3/t15-,19-,22-/m1/s1. The van der Waals surface area contributed by atoms with Crippen LogP contribution in [0.2, 0.25) is 10.0 Å². The minimum atomic E-state index is -0.724. The van der Waals surface area contributed by atoms with Crippen LogP contribution in [0.15, 0.2) is 54.6 Å². The molecule has 8 heteroatoms. The van der Waals surface area contributed by atoms with E-state index in [-0.39, 0.29) is 16.5 Å². The zero-order chi connectivity index (χ0) is 23.9. The SMILES string of the molecule is Cc1ccc(C(=O)CN(C(=O)c2ccc(Cl)cc2Cl)N2C(=O)[C@@H]3[C@H](C)C=CC[C@H]3C2=O)cc1. The van der Waals surface area contributed by atoms with E-state index in [1.54, 1.807) is 24.3 Å². The fourth-order valence-electron chi connectivity index (χ4n) is 4.37. The molecule has 0 saturated carbocycles. The average molecular weight is 485 g/mol. The number of benzene rings is 2. The fourth-order valence-corrected chi connectivity index (χ4v) is 4.86. The molecule has 6 nitrogen and oxygen atoms in total. The number of Topliss-reactive ketones (excluding diaryl/α,β-unsaturated/α-hetero) is 1. The van der Waals surface area contributed by atoms with E-state index in [0.717, 1.165) is 15.6 Å². The highest BCUT2D eigenvalue weighted by molar-refractivity contribution is 6.36. The van der Waals surface area contributed by atoms with Gasteiger partial charge < -0.3 is 0 Å². The fraction of sp³-hybridized carbons (Fsp3) is 0.280. The van der Waals surface area contributed by atoms with Crippen molar-refractivity contribution in [3.05, 3.63) is 81.4 Å². The number of rotatable bonds is 5. The predicted molar refractivity (Wildman–Crippen MR) is 125 cm³/mol. The van der Waals surface area contributed by atoms with E-state index in [1.165, 1.54) is 18.2 Å². The van der Waals surface area contributed by atoms with E-state index in [1.807, 2.05) is 26.0 Å². The Morgan fingerprint density at radius 3 is 2.39 bits per heavy atom. The molecule has 2 aliphatic rings. The van der Waals surface area contributed by atoms with Gasteiger partial charge in [-0.3, -0.25) is 19.2 Å². The Kier molecular flexibility index (Phi) is 6.41. The largest absolute Gasteiger partial charge is 0.292 e. The molecule has 0 unspecified atom stereocenters. The molecule has 1 aliphatic heterocycles. The lowest BCUT2D eigenvalue weighted by molar-refractivity contribution is -0.154. The van der Waals surface area contributed by atoms with Gasteiger partial charge in [0.05, 0.1) is 22.4 Å². The summed E-state index contributed by atoms with van der Waals surface area (Å²) in [6, 6.07) is 11.2. The molecule has 2 aromatic carbocycles. The summed E-state index contributed by atoms with van der Waals surface area (Å²) in [6.45, 7) is 3.27. The third-order valence-corrected chi connectivity index (χ3v) is 6.70. The van der Waals surface area contributed by atoms with Crippen LogP contribution in [-0.2, 0) is 9.59 Å². The number of fused-ring (bicyclic) bond motifs is 1. The number of carbonyl (C=O) groups is 4. The van der Waals surface area contributed by atoms with E-state index in [0.29, 0.717) is 17.0 Å². The van der Waals surface area contributed by atoms with Crippen LogP contribution in [0, 0.1) is 24.7 Å². The maximum Gasteiger partial charge on any atom is 0.274 e. The molecular weight excluding hydrogens is 463 g/mol. The molecule has 33 heavy (non-hydrogen) atoms. The number of hydrogen-bond donors (Lipinski definition) is 0. The molecule has 3 atom stereocenters. The molecule has 0 aromatic heterocycles. The molecule has 170 valence electrons. The van der Waals surface area contributed by atoms with Crippen molar-refractivity contribution in [3.63, 3.8) is 0 Å². The van der Waals surface area contributed by atoms with Crippen molar-refractivity contribution in [3.8, 4) is 0 Å². The second kappa shape index (κ2) is 9.12. The maximum absolute atomic E-state index is 13.5. The third-order valence-electron chi connectivity index (χ3n) is 6.15. The van der Waals surface area contributed by atoms with Crippen LogP contribution >= 0.6 is 23.2 Å². The molecule has 1 fully saturated rings. The minimum Gasteiger partial charge on any atom is -0.292 e. The van der Waals surface area contributed by atoms with Crippen LogP contribution in [-0.4, -0.2) is 40.1 Å². The Balaban J connectivity index is 1.73.